The molecule has 2 rings (SSSR count). The maximum Gasteiger partial charge on any atom is 0.141 e. The summed E-state index contributed by atoms with van der Waals surface area (Å²) < 4.78 is 1.95. The first-order chi connectivity index (χ1) is 5.29. The van der Waals surface area contributed by atoms with Crippen molar-refractivity contribution in [1.29, 1.82) is 0 Å². The molecule has 0 fully saturated rings. The monoisotopic (exact) mass is 183 g/mol. The van der Waals surface area contributed by atoms with Gasteiger partial charge in [0.05, 0.1) is 0 Å². The van der Waals surface area contributed by atoms with Crippen LogP contribution in [0, 0.1) is 0 Å². The van der Waals surface area contributed by atoms with Crippen molar-refractivity contribution in [2.45, 2.75) is 0 Å². The number of aryl methyl sites for hydroxylation is 1. The first kappa shape index (κ1) is 8.87. The maximum absolute atomic E-state index is 5.72. The van der Waals surface area contributed by atoms with E-state index in [-0.39, 0.29) is 12.4 Å². The third kappa shape index (κ3) is 1.12. The van der Waals surface area contributed by atoms with Crippen LogP contribution in [0.4, 0.5) is 5.69 Å². The highest BCUT2D eigenvalue weighted by Gasteiger charge is 1.99. The van der Waals surface area contributed by atoms with E-state index in [2.05, 4.69) is 4.98 Å². The predicted molar refractivity (Wildman–Crippen MR) is 52.4 cm³/mol. The van der Waals surface area contributed by atoms with Crippen molar-refractivity contribution in [2.75, 3.05) is 5.73 Å². The number of halogens is 1. The van der Waals surface area contributed by atoms with Gasteiger partial charge < -0.3 is 10.3 Å². The summed E-state index contributed by atoms with van der Waals surface area (Å²) in [5, 5.41) is 1.02. The number of hydrogen-bond acceptors (Lipinski definition) is 2. The fourth-order valence-electron chi connectivity index (χ4n) is 1.19. The van der Waals surface area contributed by atoms with Crippen LogP contribution < -0.4 is 5.73 Å². The smallest absolute Gasteiger partial charge is 0.141 e. The van der Waals surface area contributed by atoms with Gasteiger partial charge in [0.2, 0.25) is 0 Å². The quantitative estimate of drug-likeness (QED) is 0.674. The number of pyridine rings is 1. The van der Waals surface area contributed by atoms with Crippen LogP contribution in [0.3, 0.4) is 0 Å². The molecule has 0 spiro atoms. The van der Waals surface area contributed by atoms with Crippen LogP contribution in [-0.2, 0) is 7.05 Å². The SMILES string of the molecule is Cl.Cn1ccc2c(N)ccnc21. The number of aromatic nitrogens is 2. The third-order valence-electron chi connectivity index (χ3n) is 1.80. The summed E-state index contributed by atoms with van der Waals surface area (Å²) in [5.74, 6) is 0. The molecule has 0 aliphatic heterocycles. The van der Waals surface area contributed by atoms with Gasteiger partial charge in [-0.2, -0.15) is 0 Å². The molecular weight excluding hydrogens is 174 g/mol. The van der Waals surface area contributed by atoms with Crippen LogP contribution in [0.25, 0.3) is 11.0 Å². The Morgan fingerprint density at radius 3 is 2.83 bits per heavy atom. The van der Waals surface area contributed by atoms with E-state index in [4.69, 9.17) is 5.73 Å². The zero-order valence-corrected chi connectivity index (χ0v) is 7.51. The van der Waals surface area contributed by atoms with Gasteiger partial charge in [0.25, 0.3) is 0 Å². The summed E-state index contributed by atoms with van der Waals surface area (Å²) in [5.41, 5.74) is 7.44. The van der Waals surface area contributed by atoms with Crippen molar-refractivity contribution in [1.82, 2.24) is 9.55 Å². The van der Waals surface area contributed by atoms with E-state index in [1.165, 1.54) is 0 Å². The molecule has 2 aromatic heterocycles. The van der Waals surface area contributed by atoms with Gasteiger partial charge in [0, 0.05) is 30.5 Å². The Morgan fingerprint density at radius 2 is 2.17 bits per heavy atom. The van der Waals surface area contributed by atoms with Crippen molar-refractivity contribution in [3.05, 3.63) is 24.5 Å². The van der Waals surface area contributed by atoms with Gasteiger partial charge in [0.15, 0.2) is 0 Å². The van der Waals surface area contributed by atoms with Crippen LogP contribution in [0.5, 0.6) is 0 Å². The lowest BCUT2D eigenvalue weighted by atomic mass is 10.3. The first-order valence-electron chi connectivity index (χ1n) is 3.44. The summed E-state index contributed by atoms with van der Waals surface area (Å²) >= 11 is 0. The molecule has 4 heteroatoms. The minimum absolute atomic E-state index is 0. The Bertz CT molecular complexity index is 394. The van der Waals surface area contributed by atoms with E-state index in [1.807, 2.05) is 29.9 Å². The molecule has 0 aliphatic rings. The average molecular weight is 184 g/mol. The Labute approximate surface area is 76.6 Å². The molecule has 0 aromatic carbocycles. The molecule has 0 radical (unpaired) electrons. The lowest BCUT2D eigenvalue weighted by Crippen LogP contribution is -1.90. The zero-order valence-electron chi connectivity index (χ0n) is 6.69. The van der Waals surface area contributed by atoms with Crippen molar-refractivity contribution >= 4 is 29.1 Å². The largest absolute Gasteiger partial charge is 0.398 e. The Hall–Kier alpha value is -1.22. The molecule has 0 amide bonds. The number of fused-ring (bicyclic) bond motifs is 1. The molecule has 12 heavy (non-hydrogen) atoms. The van der Waals surface area contributed by atoms with Gasteiger partial charge >= 0.3 is 0 Å². The van der Waals surface area contributed by atoms with Gasteiger partial charge in [-0.25, -0.2) is 4.98 Å². The van der Waals surface area contributed by atoms with E-state index in [0.717, 1.165) is 16.7 Å². The predicted octanol–water partition coefficient (Wildman–Crippen LogP) is 1.58. The highest BCUT2D eigenvalue weighted by atomic mass is 35.5. The topological polar surface area (TPSA) is 43.8 Å². The molecule has 0 aliphatic carbocycles. The number of anilines is 1. The van der Waals surface area contributed by atoms with E-state index < -0.39 is 0 Å². The fourth-order valence-corrected chi connectivity index (χ4v) is 1.19. The standard InChI is InChI=1S/C8H9N3.ClH/c1-11-5-3-6-7(9)2-4-10-8(6)11;/h2-5H,1H3,(H2,9,10);1H. The van der Waals surface area contributed by atoms with Crippen molar-refractivity contribution < 1.29 is 0 Å². The zero-order chi connectivity index (χ0) is 7.84. The second-order valence-corrected chi connectivity index (χ2v) is 2.56. The minimum Gasteiger partial charge on any atom is -0.398 e. The van der Waals surface area contributed by atoms with E-state index >= 15 is 0 Å². The number of nitrogen functional groups attached to an aromatic ring is 1. The maximum atomic E-state index is 5.72. The number of nitrogens with two attached hydrogens (primary N) is 1. The average Bonchev–Trinajstić information content (AvgIpc) is 2.35. The molecule has 0 atom stereocenters. The molecule has 3 nitrogen and oxygen atoms in total. The summed E-state index contributed by atoms with van der Waals surface area (Å²) in [7, 11) is 1.95. The van der Waals surface area contributed by atoms with E-state index in [1.54, 1.807) is 6.20 Å². The van der Waals surface area contributed by atoms with Crippen molar-refractivity contribution in [3.63, 3.8) is 0 Å². The third-order valence-corrected chi connectivity index (χ3v) is 1.80. The van der Waals surface area contributed by atoms with Crippen molar-refractivity contribution in [2.24, 2.45) is 7.05 Å². The van der Waals surface area contributed by atoms with Gasteiger partial charge in [-0.05, 0) is 12.1 Å². The van der Waals surface area contributed by atoms with E-state index in [9.17, 15) is 0 Å². The van der Waals surface area contributed by atoms with Crippen LogP contribution in [0.2, 0.25) is 0 Å². The summed E-state index contributed by atoms with van der Waals surface area (Å²) in [6.45, 7) is 0. The Balaban J connectivity index is 0.000000720. The molecular formula is C8H10ClN3. The second-order valence-electron chi connectivity index (χ2n) is 2.56. The molecule has 0 saturated heterocycles. The molecule has 0 saturated carbocycles. The number of rotatable bonds is 0. The second kappa shape index (κ2) is 3.03. The van der Waals surface area contributed by atoms with Gasteiger partial charge in [-0.15, -0.1) is 12.4 Å². The molecule has 2 N–H and O–H groups in total. The van der Waals surface area contributed by atoms with Crippen LogP contribution >= 0.6 is 12.4 Å². The van der Waals surface area contributed by atoms with Gasteiger partial charge in [-0.3, -0.25) is 0 Å². The van der Waals surface area contributed by atoms with Crippen LogP contribution in [0.1, 0.15) is 0 Å². The van der Waals surface area contributed by atoms with Crippen LogP contribution in [-0.4, -0.2) is 9.55 Å². The first-order valence-corrected chi connectivity index (χ1v) is 3.44. The molecule has 0 bridgehead atoms. The van der Waals surface area contributed by atoms with Crippen molar-refractivity contribution in [3.8, 4) is 0 Å². The Kier molecular flexibility index (Phi) is 2.24. The molecule has 2 heterocycles. The lowest BCUT2D eigenvalue weighted by Gasteiger charge is -1.95. The molecule has 2 aromatic rings. The normalized spacial score (nSPS) is 9.75. The fraction of sp³-hybridized carbons (Fsp3) is 0.125. The number of hydrogen-bond donors (Lipinski definition) is 1. The molecule has 0 unspecified atom stereocenters. The van der Waals surface area contributed by atoms with Crippen LogP contribution in [0.15, 0.2) is 24.5 Å². The summed E-state index contributed by atoms with van der Waals surface area (Å²) in [6, 6.07) is 3.78. The van der Waals surface area contributed by atoms with E-state index in [0.29, 0.717) is 0 Å². The van der Waals surface area contributed by atoms with Gasteiger partial charge in [0.1, 0.15) is 5.65 Å². The summed E-state index contributed by atoms with van der Waals surface area (Å²) in [4.78, 5) is 4.18. The lowest BCUT2D eigenvalue weighted by molar-refractivity contribution is 0.949. The minimum atomic E-state index is 0. The number of nitrogens with zero attached hydrogens (tertiary/aromatic N) is 2. The van der Waals surface area contributed by atoms with Gasteiger partial charge in [-0.1, -0.05) is 0 Å². The Morgan fingerprint density at radius 1 is 1.42 bits per heavy atom. The highest BCUT2D eigenvalue weighted by molar-refractivity contribution is 5.88. The molecule has 64 valence electrons. The summed E-state index contributed by atoms with van der Waals surface area (Å²) in [6.07, 6.45) is 3.67. The highest BCUT2D eigenvalue weighted by Crippen LogP contribution is 2.17.